The lowest BCUT2D eigenvalue weighted by Crippen LogP contribution is -1.83. The van der Waals surface area contributed by atoms with E-state index in [1.54, 1.807) is 5.41 Å². The number of thioether (sulfide) groups is 1. The van der Waals surface area contributed by atoms with Crippen LogP contribution < -0.4 is 0 Å². The van der Waals surface area contributed by atoms with Crippen LogP contribution in [0, 0.1) is 0 Å². The van der Waals surface area contributed by atoms with Gasteiger partial charge in [0.1, 0.15) is 0 Å². The summed E-state index contributed by atoms with van der Waals surface area (Å²) in [5.74, 6) is 0.699. The van der Waals surface area contributed by atoms with Crippen molar-refractivity contribution in [1.29, 1.82) is 0 Å². The van der Waals surface area contributed by atoms with E-state index in [9.17, 15) is 4.79 Å². The van der Waals surface area contributed by atoms with Gasteiger partial charge in [-0.05, 0) is 18.4 Å². The molecule has 0 aliphatic rings. The fraction of sp³-hybridized carbons (Fsp3) is 0.500. The van der Waals surface area contributed by atoms with Gasteiger partial charge in [0.15, 0.2) is 5.78 Å². The first-order chi connectivity index (χ1) is 4.27. The van der Waals surface area contributed by atoms with E-state index in [2.05, 4.69) is 0 Å². The van der Waals surface area contributed by atoms with E-state index in [1.807, 2.05) is 0 Å². The van der Waals surface area contributed by atoms with Crippen LogP contribution in [-0.2, 0) is 4.79 Å². The summed E-state index contributed by atoms with van der Waals surface area (Å²) in [4.78, 5) is 10.2. The highest BCUT2D eigenvalue weighted by atomic mass is 32.2. The zero-order valence-corrected chi connectivity index (χ0v) is 6.15. The van der Waals surface area contributed by atoms with Crippen molar-refractivity contribution < 1.29 is 9.90 Å². The fourth-order valence-corrected chi connectivity index (χ4v) is 0.794. The number of hydrogen-bond donors (Lipinski definition) is 1. The lowest BCUT2D eigenvalue weighted by Gasteiger charge is -1.85. The second kappa shape index (κ2) is 5.85. The number of allylic oxidation sites excluding steroid dienone is 1. The topological polar surface area (TPSA) is 37.3 Å². The van der Waals surface area contributed by atoms with Gasteiger partial charge in [-0.1, -0.05) is 0 Å². The highest BCUT2D eigenvalue weighted by Crippen LogP contribution is 1.99. The van der Waals surface area contributed by atoms with Gasteiger partial charge in [0.25, 0.3) is 0 Å². The summed E-state index contributed by atoms with van der Waals surface area (Å²) in [5.41, 5.74) is 0. The quantitative estimate of drug-likeness (QED) is 0.471. The molecule has 0 rings (SSSR count). The molecule has 0 radical (unpaired) electrons. The first kappa shape index (κ1) is 8.72. The minimum atomic E-state index is 0.0421. The molecule has 0 heterocycles. The van der Waals surface area contributed by atoms with E-state index >= 15 is 0 Å². The number of rotatable bonds is 4. The molecule has 3 heteroatoms. The van der Waals surface area contributed by atoms with E-state index in [0.717, 1.165) is 0 Å². The Morgan fingerprint density at radius 2 is 2.44 bits per heavy atom. The number of aliphatic hydroxyl groups is 1. The third-order valence-corrected chi connectivity index (χ3v) is 1.35. The first-order valence-electron chi connectivity index (χ1n) is 2.67. The van der Waals surface area contributed by atoms with Gasteiger partial charge in [0.05, 0.1) is 6.61 Å². The molecule has 9 heavy (non-hydrogen) atoms. The summed E-state index contributed by atoms with van der Waals surface area (Å²) in [7, 11) is 0. The van der Waals surface area contributed by atoms with E-state index in [-0.39, 0.29) is 12.4 Å². The molecule has 0 amide bonds. The minimum absolute atomic E-state index is 0.0421. The molecule has 0 aliphatic carbocycles. The van der Waals surface area contributed by atoms with Crippen molar-refractivity contribution in [2.75, 3.05) is 12.4 Å². The third kappa shape index (κ3) is 7.72. The maximum atomic E-state index is 10.2. The van der Waals surface area contributed by atoms with Gasteiger partial charge in [0, 0.05) is 5.75 Å². The Morgan fingerprint density at radius 1 is 1.78 bits per heavy atom. The van der Waals surface area contributed by atoms with E-state index in [0.29, 0.717) is 5.75 Å². The van der Waals surface area contributed by atoms with Gasteiger partial charge in [-0.3, -0.25) is 4.79 Å². The number of ketones is 1. The van der Waals surface area contributed by atoms with Gasteiger partial charge in [-0.15, -0.1) is 11.8 Å². The van der Waals surface area contributed by atoms with Crippen molar-refractivity contribution in [3.8, 4) is 0 Å². The van der Waals surface area contributed by atoms with Gasteiger partial charge < -0.3 is 5.11 Å². The fourth-order valence-electron chi connectivity index (χ4n) is 0.265. The molecule has 0 spiro atoms. The zero-order chi connectivity index (χ0) is 7.11. The lowest BCUT2D eigenvalue weighted by atomic mass is 10.5. The molecule has 0 saturated carbocycles. The molecule has 0 aromatic carbocycles. The summed E-state index contributed by atoms with van der Waals surface area (Å²) >= 11 is 1.43. The van der Waals surface area contributed by atoms with Crippen LogP contribution >= 0.6 is 11.8 Å². The zero-order valence-electron chi connectivity index (χ0n) is 5.33. The van der Waals surface area contributed by atoms with E-state index in [1.165, 1.54) is 24.8 Å². The molecule has 0 saturated heterocycles. The summed E-state index contributed by atoms with van der Waals surface area (Å²) in [6.07, 6.45) is 1.49. The Balaban J connectivity index is 3.15. The highest BCUT2D eigenvalue weighted by Gasteiger charge is 1.81. The molecule has 0 atom stereocenters. The summed E-state index contributed by atoms with van der Waals surface area (Å²) in [6.45, 7) is 1.66. The Bertz CT molecular complexity index is 110. The maximum Gasteiger partial charge on any atom is 0.153 e. The summed E-state index contributed by atoms with van der Waals surface area (Å²) in [5, 5.41) is 9.98. The average Bonchev–Trinajstić information content (AvgIpc) is 1.80. The van der Waals surface area contributed by atoms with Gasteiger partial charge in [0.2, 0.25) is 0 Å². The van der Waals surface area contributed by atoms with Crippen LogP contribution in [0.3, 0.4) is 0 Å². The molecule has 0 aromatic rings. The predicted octanol–water partition coefficient (Wildman–Crippen LogP) is 0.815. The number of hydrogen-bond acceptors (Lipinski definition) is 3. The highest BCUT2D eigenvalue weighted by molar-refractivity contribution is 8.02. The third-order valence-electron chi connectivity index (χ3n) is 0.608. The van der Waals surface area contributed by atoms with Gasteiger partial charge in [-0.2, -0.15) is 0 Å². The number of aliphatic hydroxyl groups excluding tert-OH is 1. The normalized spacial score (nSPS) is 10.4. The Labute approximate surface area is 59.0 Å². The lowest BCUT2D eigenvalue weighted by molar-refractivity contribution is -0.112. The van der Waals surface area contributed by atoms with Crippen LogP contribution in [0.1, 0.15) is 6.92 Å². The predicted molar refractivity (Wildman–Crippen MR) is 39.4 cm³/mol. The first-order valence-corrected chi connectivity index (χ1v) is 3.72. The molecule has 1 N–H and O–H groups in total. The molecule has 0 bridgehead atoms. The second-order valence-electron chi connectivity index (χ2n) is 1.51. The van der Waals surface area contributed by atoms with Crippen LogP contribution in [0.2, 0.25) is 0 Å². The average molecular weight is 146 g/mol. The van der Waals surface area contributed by atoms with Crippen molar-refractivity contribution in [3.05, 3.63) is 11.5 Å². The summed E-state index contributed by atoms with van der Waals surface area (Å²) in [6, 6.07) is 0. The van der Waals surface area contributed by atoms with Crippen molar-refractivity contribution in [1.82, 2.24) is 0 Å². The Kier molecular flexibility index (Phi) is 5.67. The smallest absolute Gasteiger partial charge is 0.153 e. The molecule has 0 aliphatic heterocycles. The van der Waals surface area contributed by atoms with Crippen LogP contribution in [0.5, 0.6) is 0 Å². The number of carbonyl (C=O) groups is 1. The maximum absolute atomic E-state index is 10.2. The molecule has 52 valence electrons. The van der Waals surface area contributed by atoms with Crippen molar-refractivity contribution >= 4 is 17.5 Å². The monoisotopic (exact) mass is 146 g/mol. The van der Waals surface area contributed by atoms with Crippen molar-refractivity contribution in [2.24, 2.45) is 0 Å². The Morgan fingerprint density at radius 3 is 2.89 bits per heavy atom. The van der Waals surface area contributed by atoms with Crippen molar-refractivity contribution in [3.63, 3.8) is 0 Å². The standard InChI is InChI=1S/C6H10O2S/c1-6(8)2-4-9-5-3-7/h2,4,7H,3,5H2,1H3/b4-2+. The van der Waals surface area contributed by atoms with Crippen LogP contribution in [0.15, 0.2) is 11.5 Å². The van der Waals surface area contributed by atoms with Gasteiger partial charge in [-0.25, -0.2) is 0 Å². The Hall–Kier alpha value is -0.280. The second-order valence-corrected chi connectivity index (χ2v) is 2.52. The minimum Gasteiger partial charge on any atom is -0.396 e. The molecule has 0 fully saturated rings. The molecular weight excluding hydrogens is 136 g/mol. The van der Waals surface area contributed by atoms with Crippen molar-refractivity contribution in [2.45, 2.75) is 6.92 Å². The molecule has 0 aromatic heterocycles. The molecule has 0 unspecified atom stereocenters. The summed E-state index contributed by atoms with van der Waals surface area (Å²) < 4.78 is 0. The number of carbonyl (C=O) groups excluding carboxylic acids is 1. The van der Waals surface area contributed by atoms with Crippen LogP contribution in [0.4, 0.5) is 0 Å². The van der Waals surface area contributed by atoms with Gasteiger partial charge >= 0.3 is 0 Å². The van der Waals surface area contributed by atoms with E-state index in [4.69, 9.17) is 5.11 Å². The molecular formula is C6H10O2S. The van der Waals surface area contributed by atoms with E-state index < -0.39 is 0 Å². The van der Waals surface area contributed by atoms with Crippen LogP contribution in [-0.4, -0.2) is 23.2 Å². The molecule has 2 nitrogen and oxygen atoms in total. The largest absolute Gasteiger partial charge is 0.396 e. The SMILES string of the molecule is CC(=O)/C=C/SCCO. The van der Waals surface area contributed by atoms with Crippen LogP contribution in [0.25, 0.3) is 0 Å².